The number of hydrogen-bond donors (Lipinski definition) is 2. The first-order chi connectivity index (χ1) is 12.6. The fraction of sp³-hybridized carbons (Fsp3) is 0.300. The van der Waals surface area contributed by atoms with Gasteiger partial charge in [-0.3, -0.25) is 9.59 Å². The van der Waals surface area contributed by atoms with Crippen molar-refractivity contribution in [2.75, 3.05) is 31.0 Å². The molecule has 0 aliphatic heterocycles. The average Bonchev–Trinajstić information content (AvgIpc) is 2.62. The summed E-state index contributed by atoms with van der Waals surface area (Å²) in [4.78, 5) is 23.4. The highest BCUT2D eigenvalue weighted by Gasteiger charge is 2.05. The molecule has 26 heavy (non-hydrogen) atoms. The van der Waals surface area contributed by atoms with E-state index in [2.05, 4.69) is 10.6 Å². The van der Waals surface area contributed by atoms with Crippen LogP contribution in [0.25, 0.3) is 0 Å². The molecule has 0 unspecified atom stereocenters. The second kappa shape index (κ2) is 10.2. The van der Waals surface area contributed by atoms with Gasteiger partial charge in [-0.25, -0.2) is 0 Å². The van der Waals surface area contributed by atoms with Gasteiger partial charge in [0, 0.05) is 24.9 Å². The van der Waals surface area contributed by atoms with Gasteiger partial charge in [0.2, 0.25) is 11.8 Å². The highest BCUT2D eigenvalue weighted by atomic mass is 16.5. The average molecular weight is 356 g/mol. The maximum Gasteiger partial charge on any atom is 0.250 e. The molecule has 2 rings (SSSR count). The van der Waals surface area contributed by atoms with Crippen molar-refractivity contribution in [1.29, 1.82) is 0 Å². The van der Waals surface area contributed by atoms with E-state index >= 15 is 0 Å². The van der Waals surface area contributed by atoms with Gasteiger partial charge >= 0.3 is 0 Å². The highest BCUT2D eigenvalue weighted by molar-refractivity contribution is 5.93. The summed E-state index contributed by atoms with van der Waals surface area (Å²) in [7, 11) is 1.46. The van der Waals surface area contributed by atoms with Gasteiger partial charge in [-0.1, -0.05) is 18.2 Å². The molecule has 0 bridgehead atoms. The van der Waals surface area contributed by atoms with Gasteiger partial charge in [-0.2, -0.15) is 0 Å². The van der Waals surface area contributed by atoms with Crippen molar-refractivity contribution < 1.29 is 19.1 Å². The molecule has 0 radical (unpaired) electrons. The lowest BCUT2D eigenvalue weighted by Gasteiger charge is -2.09. The van der Waals surface area contributed by atoms with E-state index in [-0.39, 0.29) is 18.4 Å². The molecule has 6 heteroatoms. The molecule has 0 saturated heterocycles. The maximum atomic E-state index is 12.0. The Hall–Kier alpha value is -2.86. The molecule has 0 aliphatic rings. The van der Waals surface area contributed by atoms with E-state index in [9.17, 15) is 9.59 Å². The van der Waals surface area contributed by atoms with Gasteiger partial charge in [-0.05, 0) is 49.2 Å². The van der Waals surface area contributed by atoms with Crippen LogP contribution in [-0.4, -0.2) is 32.1 Å². The first kappa shape index (κ1) is 19.5. The quantitative estimate of drug-likeness (QED) is 0.675. The number of carbonyl (C=O) groups excluding carboxylic acids is 2. The van der Waals surface area contributed by atoms with Crippen LogP contribution in [0.15, 0.2) is 48.5 Å². The molecule has 2 amide bonds. The van der Waals surface area contributed by atoms with Crippen LogP contribution in [0, 0.1) is 6.92 Å². The normalized spacial score (nSPS) is 10.2. The second-order valence-electron chi connectivity index (χ2n) is 5.82. The van der Waals surface area contributed by atoms with Crippen LogP contribution >= 0.6 is 0 Å². The lowest BCUT2D eigenvalue weighted by atomic mass is 10.2. The van der Waals surface area contributed by atoms with Gasteiger partial charge in [0.1, 0.15) is 12.4 Å². The number of aryl methyl sites for hydroxylation is 1. The molecular formula is C20H24N2O4. The van der Waals surface area contributed by atoms with Crippen LogP contribution in [0.5, 0.6) is 5.75 Å². The fourth-order valence-corrected chi connectivity index (χ4v) is 2.32. The predicted octanol–water partition coefficient (Wildman–Crippen LogP) is 3.38. The molecule has 6 nitrogen and oxygen atoms in total. The van der Waals surface area contributed by atoms with Crippen molar-refractivity contribution in [2.24, 2.45) is 0 Å². The molecule has 2 N–H and O–H groups in total. The van der Waals surface area contributed by atoms with Crippen molar-refractivity contribution in [3.05, 3.63) is 54.1 Å². The largest absolute Gasteiger partial charge is 0.493 e. The lowest BCUT2D eigenvalue weighted by Crippen LogP contribution is -2.17. The Balaban J connectivity index is 1.70. The molecule has 0 atom stereocenters. The fourth-order valence-electron chi connectivity index (χ4n) is 2.32. The summed E-state index contributed by atoms with van der Waals surface area (Å²) < 4.78 is 10.4. The van der Waals surface area contributed by atoms with E-state index in [1.165, 1.54) is 7.11 Å². The molecule has 0 aromatic heterocycles. The molecular weight excluding hydrogens is 332 g/mol. The molecule has 0 aliphatic carbocycles. The second-order valence-corrected chi connectivity index (χ2v) is 5.82. The Morgan fingerprint density at radius 3 is 2.15 bits per heavy atom. The minimum atomic E-state index is -0.224. The SMILES string of the molecule is COCC(=O)Nc1ccc(NC(=O)CCCOc2ccccc2C)cc1. The van der Waals surface area contributed by atoms with E-state index in [0.717, 1.165) is 11.3 Å². The molecule has 0 spiro atoms. The smallest absolute Gasteiger partial charge is 0.250 e. The zero-order chi connectivity index (χ0) is 18.8. The number of amides is 2. The zero-order valence-corrected chi connectivity index (χ0v) is 15.1. The molecule has 0 fully saturated rings. The Kier molecular flexibility index (Phi) is 7.64. The molecule has 138 valence electrons. The summed E-state index contributed by atoms with van der Waals surface area (Å²) in [5, 5.41) is 5.52. The minimum Gasteiger partial charge on any atom is -0.493 e. The molecule has 0 saturated carbocycles. The molecule has 2 aromatic carbocycles. The summed E-state index contributed by atoms with van der Waals surface area (Å²) in [6, 6.07) is 14.7. The van der Waals surface area contributed by atoms with Crippen LogP contribution in [0.2, 0.25) is 0 Å². The van der Waals surface area contributed by atoms with Crippen molar-refractivity contribution in [1.82, 2.24) is 0 Å². The molecule has 0 heterocycles. The number of hydrogen-bond acceptors (Lipinski definition) is 4. The zero-order valence-electron chi connectivity index (χ0n) is 15.1. The number of carbonyl (C=O) groups is 2. The van der Waals surface area contributed by atoms with Crippen molar-refractivity contribution >= 4 is 23.2 Å². The Morgan fingerprint density at radius 1 is 0.923 bits per heavy atom. The summed E-state index contributed by atoms with van der Waals surface area (Å²) >= 11 is 0. The topological polar surface area (TPSA) is 76.7 Å². The number of benzene rings is 2. The summed E-state index contributed by atoms with van der Waals surface area (Å²) in [5.74, 6) is 0.548. The third-order valence-electron chi connectivity index (χ3n) is 3.63. The lowest BCUT2D eigenvalue weighted by molar-refractivity contribution is -0.119. The number of nitrogens with one attached hydrogen (secondary N) is 2. The van der Waals surface area contributed by atoms with Crippen molar-refractivity contribution in [2.45, 2.75) is 19.8 Å². The van der Waals surface area contributed by atoms with E-state index in [0.29, 0.717) is 30.8 Å². The highest BCUT2D eigenvalue weighted by Crippen LogP contribution is 2.17. The summed E-state index contributed by atoms with van der Waals surface area (Å²) in [6.45, 7) is 2.48. The number of para-hydroxylation sites is 1. The van der Waals surface area contributed by atoms with Crippen LogP contribution in [0.3, 0.4) is 0 Å². The number of rotatable bonds is 9. The van der Waals surface area contributed by atoms with Gasteiger partial charge in [-0.15, -0.1) is 0 Å². The van der Waals surface area contributed by atoms with Crippen LogP contribution in [0.1, 0.15) is 18.4 Å². The van der Waals surface area contributed by atoms with Crippen LogP contribution < -0.4 is 15.4 Å². The predicted molar refractivity (Wildman–Crippen MR) is 101 cm³/mol. The summed E-state index contributed by atoms with van der Waals surface area (Å²) in [5.41, 5.74) is 2.41. The van der Waals surface area contributed by atoms with E-state index < -0.39 is 0 Å². The standard InChI is InChI=1S/C20H24N2O4/c1-15-6-3-4-7-18(15)26-13-5-8-19(23)21-16-9-11-17(12-10-16)22-20(24)14-25-2/h3-4,6-7,9-12H,5,8,13-14H2,1-2H3,(H,21,23)(H,22,24). The maximum absolute atomic E-state index is 12.0. The first-order valence-corrected chi connectivity index (χ1v) is 8.45. The van der Waals surface area contributed by atoms with Crippen LogP contribution in [-0.2, 0) is 14.3 Å². The third-order valence-corrected chi connectivity index (χ3v) is 3.63. The van der Waals surface area contributed by atoms with Crippen LogP contribution in [0.4, 0.5) is 11.4 Å². The number of methoxy groups -OCH3 is 1. The van der Waals surface area contributed by atoms with Gasteiger partial charge < -0.3 is 20.1 Å². The number of anilines is 2. The van der Waals surface area contributed by atoms with E-state index in [1.807, 2.05) is 31.2 Å². The van der Waals surface area contributed by atoms with Gasteiger partial charge in [0.15, 0.2) is 0 Å². The molecule has 2 aromatic rings. The van der Waals surface area contributed by atoms with E-state index in [1.54, 1.807) is 24.3 Å². The third kappa shape index (κ3) is 6.57. The first-order valence-electron chi connectivity index (χ1n) is 8.45. The van der Waals surface area contributed by atoms with Gasteiger partial charge in [0.05, 0.1) is 6.61 Å². The Morgan fingerprint density at radius 2 is 1.54 bits per heavy atom. The van der Waals surface area contributed by atoms with Crippen molar-refractivity contribution in [3.63, 3.8) is 0 Å². The Labute approximate surface area is 153 Å². The number of ether oxygens (including phenoxy) is 2. The van der Waals surface area contributed by atoms with Crippen molar-refractivity contribution in [3.8, 4) is 5.75 Å². The summed E-state index contributed by atoms with van der Waals surface area (Å²) in [6.07, 6.45) is 1.00. The minimum absolute atomic E-state index is 0.00304. The Bertz CT molecular complexity index is 729. The monoisotopic (exact) mass is 356 g/mol. The van der Waals surface area contributed by atoms with E-state index in [4.69, 9.17) is 9.47 Å². The van der Waals surface area contributed by atoms with Gasteiger partial charge in [0.25, 0.3) is 0 Å².